The highest BCUT2D eigenvalue weighted by Gasteiger charge is 2.25. The molecule has 0 unspecified atom stereocenters. The summed E-state index contributed by atoms with van der Waals surface area (Å²) in [4.78, 5) is 18.6. The van der Waals surface area contributed by atoms with Crippen LogP contribution in [0.25, 0.3) is 22.5 Å². The Kier molecular flexibility index (Phi) is 6.78. The fraction of sp³-hybridized carbons (Fsp3) is 0.375. The Morgan fingerprint density at radius 3 is 2.39 bits per heavy atom. The van der Waals surface area contributed by atoms with E-state index in [2.05, 4.69) is 28.6 Å². The molecule has 0 amide bonds. The third-order valence-electron chi connectivity index (χ3n) is 6.02. The van der Waals surface area contributed by atoms with E-state index in [1.807, 2.05) is 12.3 Å². The number of anilines is 1. The van der Waals surface area contributed by atoms with E-state index < -0.39 is 0 Å². The molecule has 0 radical (unpaired) electrons. The number of benzene rings is 1. The van der Waals surface area contributed by atoms with Gasteiger partial charge in [-0.1, -0.05) is 25.4 Å². The molecule has 7 heteroatoms. The zero-order chi connectivity index (χ0) is 21.8. The number of rotatable bonds is 6. The summed E-state index contributed by atoms with van der Waals surface area (Å²) in [6, 6.07) is 8.75. The van der Waals surface area contributed by atoms with Crippen LogP contribution in [0.1, 0.15) is 26.7 Å². The highest BCUT2D eigenvalue weighted by molar-refractivity contribution is 6.33. The smallest absolute Gasteiger partial charge is 0.147 e. The number of nitrogens with zero attached hydrogens (tertiary/aromatic N) is 5. The monoisotopic (exact) mass is 439 g/mol. The second-order valence-corrected chi connectivity index (χ2v) is 8.13. The molecule has 3 aromatic rings. The standard InChI is InChI=1S/C24H27ClFN5/c1-3-30(4-2)19-10-13-31(14-11-19)22-16-28-23(17-5-7-18(26)8-6-17)24(29-22)20-9-12-27-15-21(20)25/h5-9,12,15-16,19H,3-4,10-11,13-14H2,1-2H3. The number of hydrogen-bond acceptors (Lipinski definition) is 5. The van der Waals surface area contributed by atoms with Crippen molar-refractivity contribution in [2.45, 2.75) is 32.7 Å². The zero-order valence-corrected chi connectivity index (χ0v) is 18.7. The van der Waals surface area contributed by atoms with Crippen molar-refractivity contribution in [1.82, 2.24) is 19.9 Å². The van der Waals surface area contributed by atoms with Crippen LogP contribution >= 0.6 is 11.6 Å². The van der Waals surface area contributed by atoms with E-state index in [4.69, 9.17) is 21.6 Å². The van der Waals surface area contributed by atoms with E-state index in [0.717, 1.165) is 56.0 Å². The first-order valence-corrected chi connectivity index (χ1v) is 11.2. The van der Waals surface area contributed by atoms with Gasteiger partial charge in [0.25, 0.3) is 0 Å². The maximum Gasteiger partial charge on any atom is 0.147 e. The van der Waals surface area contributed by atoms with Crippen LogP contribution in [0.4, 0.5) is 10.2 Å². The SMILES string of the molecule is CCN(CC)C1CCN(c2cnc(-c3ccc(F)cc3)c(-c3ccncc3Cl)n2)CC1. The van der Waals surface area contributed by atoms with Crippen LogP contribution in [0.5, 0.6) is 0 Å². The zero-order valence-electron chi connectivity index (χ0n) is 17.9. The van der Waals surface area contributed by atoms with Gasteiger partial charge in [-0.3, -0.25) is 9.97 Å². The van der Waals surface area contributed by atoms with Crippen molar-refractivity contribution in [2.24, 2.45) is 0 Å². The second kappa shape index (κ2) is 9.71. The van der Waals surface area contributed by atoms with E-state index in [-0.39, 0.29) is 5.82 Å². The molecule has 0 N–H and O–H groups in total. The average Bonchev–Trinajstić information content (AvgIpc) is 2.81. The van der Waals surface area contributed by atoms with Gasteiger partial charge >= 0.3 is 0 Å². The number of hydrogen-bond donors (Lipinski definition) is 0. The summed E-state index contributed by atoms with van der Waals surface area (Å²) >= 11 is 6.46. The molecule has 1 aliphatic heterocycles. The topological polar surface area (TPSA) is 45.2 Å². The lowest BCUT2D eigenvalue weighted by Crippen LogP contribution is -2.45. The molecule has 0 atom stereocenters. The Morgan fingerprint density at radius 2 is 1.74 bits per heavy atom. The third-order valence-corrected chi connectivity index (χ3v) is 6.32. The number of pyridine rings is 1. The highest BCUT2D eigenvalue weighted by Crippen LogP contribution is 2.34. The molecule has 31 heavy (non-hydrogen) atoms. The molecule has 1 aliphatic rings. The van der Waals surface area contributed by atoms with E-state index in [9.17, 15) is 4.39 Å². The van der Waals surface area contributed by atoms with Gasteiger partial charge in [0.2, 0.25) is 0 Å². The summed E-state index contributed by atoms with van der Waals surface area (Å²) in [6.07, 6.45) is 7.33. The van der Waals surface area contributed by atoms with E-state index in [0.29, 0.717) is 22.5 Å². The molecule has 1 aromatic carbocycles. The van der Waals surface area contributed by atoms with Gasteiger partial charge in [0.1, 0.15) is 17.3 Å². The van der Waals surface area contributed by atoms with Gasteiger partial charge in [0.15, 0.2) is 0 Å². The van der Waals surface area contributed by atoms with Crippen molar-refractivity contribution in [2.75, 3.05) is 31.1 Å². The lowest BCUT2D eigenvalue weighted by Gasteiger charge is -2.38. The molecule has 0 aliphatic carbocycles. The van der Waals surface area contributed by atoms with Crippen LogP contribution < -0.4 is 4.90 Å². The summed E-state index contributed by atoms with van der Waals surface area (Å²) in [5.74, 6) is 0.555. The fourth-order valence-corrected chi connectivity index (χ4v) is 4.52. The van der Waals surface area contributed by atoms with Crippen molar-refractivity contribution >= 4 is 17.4 Å². The predicted octanol–water partition coefficient (Wildman–Crippen LogP) is 5.31. The molecule has 1 fully saturated rings. The third kappa shape index (κ3) is 4.70. The van der Waals surface area contributed by atoms with Crippen molar-refractivity contribution < 1.29 is 4.39 Å². The Bertz CT molecular complexity index is 1010. The van der Waals surface area contributed by atoms with Crippen LogP contribution in [0.2, 0.25) is 5.02 Å². The number of piperidine rings is 1. The summed E-state index contributed by atoms with van der Waals surface area (Å²) in [5.41, 5.74) is 2.92. The lowest BCUT2D eigenvalue weighted by molar-refractivity contribution is 0.186. The molecule has 0 spiro atoms. The van der Waals surface area contributed by atoms with Crippen LogP contribution in [0, 0.1) is 5.82 Å². The molecule has 0 bridgehead atoms. The van der Waals surface area contributed by atoms with Crippen LogP contribution in [0.15, 0.2) is 48.9 Å². The molecule has 0 saturated carbocycles. The Balaban J connectivity index is 1.68. The highest BCUT2D eigenvalue weighted by atomic mass is 35.5. The number of aromatic nitrogens is 3. The quantitative estimate of drug-likeness (QED) is 0.521. The summed E-state index contributed by atoms with van der Waals surface area (Å²) in [6.45, 7) is 8.49. The summed E-state index contributed by atoms with van der Waals surface area (Å²) in [7, 11) is 0. The molecule has 1 saturated heterocycles. The molecule has 4 rings (SSSR count). The van der Waals surface area contributed by atoms with E-state index >= 15 is 0 Å². The van der Waals surface area contributed by atoms with Gasteiger partial charge in [-0.2, -0.15) is 0 Å². The van der Waals surface area contributed by atoms with Gasteiger partial charge in [-0.15, -0.1) is 0 Å². The van der Waals surface area contributed by atoms with Gasteiger partial charge < -0.3 is 9.80 Å². The largest absolute Gasteiger partial charge is 0.355 e. The molecule has 5 nitrogen and oxygen atoms in total. The van der Waals surface area contributed by atoms with E-state index in [1.54, 1.807) is 24.5 Å². The number of halogens is 2. The lowest BCUT2D eigenvalue weighted by atomic mass is 10.0. The van der Waals surface area contributed by atoms with Crippen molar-refractivity contribution in [1.29, 1.82) is 0 Å². The first kappa shape index (κ1) is 21.7. The van der Waals surface area contributed by atoms with Gasteiger partial charge in [0, 0.05) is 42.7 Å². The van der Waals surface area contributed by atoms with Gasteiger partial charge in [0.05, 0.1) is 16.9 Å². The maximum atomic E-state index is 13.5. The van der Waals surface area contributed by atoms with Crippen LogP contribution in [0.3, 0.4) is 0 Å². The minimum atomic E-state index is -0.284. The second-order valence-electron chi connectivity index (χ2n) is 7.73. The van der Waals surface area contributed by atoms with Crippen molar-refractivity contribution in [3.63, 3.8) is 0 Å². The minimum Gasteiger partial charge on any atom is -0.355 e. The first-order valence-electron chi connectivity index (χ1n) is 10.8. The predicted molar refractivity (Wildman–Crippen MR) is 124 cm³/mol. The van der Waals surface area contributed by atoms with Crippen molar-refractivity contribution in [3.8, 4) is 22.5 Å². The van der Waals surface area contributed by atoms with Gasteiger partial charge in [-0.05, 0) is 56.3 Å². The Morgan fingerprint density at radius 1 is 1.03 bits per heavy atom. The fourth-order valence-electron chi connectivity index (χ4n) is 4.31. The van der Waals surface area contributed by atoms with E-state index in [1.165, 1.54) is 12.1 Å². The molecule has 3 heterocycles. The van der Waals surface area contributed by atoms with Gasteiger partial charge in [-0.25, -0.2) is 9.37 Å². The molecular weight excluding hydrogens is 413 g/mol. The molecule has 2 aromatic heterocycles. The van der Waals surface area contributed by atoms with Crippen LogP contribution in [-0.2, 0) is 0 Å². The van der Waals surface area contributed by atoms with Crippen molar-refractivity contribution in [3.05, 3.63) is 59.8 Å². The summed E-state index contributed by atoms with van der Waals surface area (Å²) in [5, 5.41) is 0.512. The summed E-state index contributed by atoms with van der Waals surface area (Å²) < 4.78 is 13.5. The van der Waals surface area contributed by atoms with Crippen LogP contribution in [-0.4, -0.2) is 52.1 Å². The minimum absolute atomic E-state index is 0.284. The normalized spacial score (nSPS) is 14.9. The maximum absolute atomic E-state index is 13.5. The average molecular weight is 440 g/mol. The Hall–Kier alpha value is -2.57. The molecule has 162 valence electrons. The Labute approximate surface area is 187 Å². The first-order chi connectivity index (χ1) is 15.1. The molecular formula is C24H27ClFN5.